The van der Waals surface area contributed by atoms with Crippen LogP contribution in [0.25, 0.3) is 0 Å². The van der Waals surface area contributed by atoms with E-state index in [1.807, 2.05) is 6.92 Å². The minimum absolute atomic E-state index is 0.401. The average Bonchev–Trinajstić information content (AvgIpc) is 2.94. The Morgan fingerprint density at radius 3 is 2.63 bits per heavy atom. The summed E-state index contributed by atoms with van der Waals surface area (Å²) < 4.78 is 7.21. The second-order valence-corrected chi connectivity index (χ2v) is 6.57. The number of ether oxygens (including phenoxy) is 1. The van der Waals surface area contributed by atoms with Gasteiger partial charge in [-0.05, 0) is 42.1 Å². The van der Waals surface area contributed by atoms with Crippen LogP contribution in [0.4, 0.5) is 0 Å². The molecule has 1 fully saturated rings. The number of nitrogens with one attached hydrogen (secondary N) is 1. The summed E-state index contributed by atoms with van der Waals surface area (Å²) in [4.78, 5) is 7.99. The molecule has 5 heteroatoms. The summed E-state index contributed by atoms with van der Waals surface area (Å²) in [6.07, 6.45) is 5.90. The third-order valence-corrected chi connectivity index (χ3v) is 5.64. The van der Waals surface area contributed by atoms with Gasteiger partial charge in [-0.1, -0.05) is 32.0 Å². The van der Waals surface area contributed by atoms with Gasteiger partial charge in [0.25, 0.3) is 0 Å². The summed E-state index contributed by atoms with van der Waals surface area (Å²) in [6, 6.07) is 0. The molecule has 1 unspecified atom stereocenters. The lowest BCUT2D eigenvalue weighted by molar-refractivity contribution is -0.00933. The quantitative estimate of drug-likeness (QED) is 0.794. The van der Waals surface area contributed by atoms with E-state index in [-0.39, 0.29) is 0 Å². The zero-order valence-corrected chi connectivity index (χ0v) is 14.2. The van der Waals surface area contributed by atoms with Gasteiger partial charge in [0.15, 0.2) is 0 Å². The van der Waals surface area contributed by atoms with Crippen LogP contribution in [0.1, 0.15) is 63.4 Å². The SMILES string of the molecule is CCC(C)(OC)c1nc(=S)c(Br)c(C2CCCC2)[nH]1. The molecule has 1 aromatic heterocycles. The molecular weight excluding hydrogens is 324 g/mol. The Bertz CT molecular complexity index is 505. The number of H-pyrrole nitrogens is 1. The van der Waals surface area contributed by atoms with Crippen molar-refractivity contribution in [3.8, 4) is 0 Å². The lowest BCUT2D eigenvalue weighted by Gasteiger charge is -2.27. The molecule has 0 spiro atoms. The fraction of sp³-hybridized carbons (Fsp3) is 0.714. The molecular formula is C14H21BrN2OS. The number of nitrogens with zero attached hydrogens (tertiary/aromatic N) is 1. The van der Waals surface area contributed by atoms with Gasteiger partial charge in [-0.25, -0.2) is 4.98 Å². The minimum atomic E-state index is -0.401. The Kier molecular flexibility index (Phi) is 4.79. The monoisotopic (exact) mass is 344 g/mol. The fourth-order valence-corrected chi connectivity index (χ4v) is 3.34. The van der Waals surface area contributed by atoms with Crippen LogP contribution in [0.5, 0.6) is 0 Å². The first-order valence-electron chi connectivity index (χ1n) is 6.87. The van der Waals surface area contributed by atoms with Gasteiger partial charge in [-0.3, -0.25) is 0 Å². The number of aromatic amines is 1. The topological polar surface area (TPSA) is 37.9 Å². The highest BCUT2D eigenvalue weighted by Gasteiger charge is 2.29. The molecule has 19 heavy (non-hydrogen) atoms. The molecule has 0 aromatic carbocycles. The molecule has 0 aliphatic heterocycles. The molecule has 1 heterocycles. The normalized spacial score (nSPS) is 19.6. The van der Waals surface area contributed by atoms with Crippen LogP contribution in [0.2, 0.25) is 0 Å². The van der Waals surface area contributed by atoms with Crippen molar-refractivity contribution in [1.29, 1.82) is 0 Å². The van der Waals surface area contributed by atoms with E-state index in [4.69, 9.17) is 17.0 Å². The van der Waals surface area contributed by atoms with Gasteiger partial charge in [0.1, 0.15) is 16.1 Å². The number of hydrogen-bond donors (Lipinski definition) is 1. The Labute approximate surface area is 128 Å². The van der Waals surface area contributed by atoms with E-state index in [1.165, 1.54) is 31.4 Å². The van der Waals surface area contributed by atoms with Crippen molar-refractivity contribution in [3.63, 3.8) is 0 Å². The van der Waals surface area contributed by atoms with Gasteiger partial charge in [-0.15, -0.1) is 0 Å². The van der Waals surface area contributed by atoms with Crippen molar-refractivity contribution in [1.82, 2.24) is 9.97 Å². The largest absolute Gasteiger partial charge is 0.371 e. The van der Waals surface area contributed by atoms with Gasteiger partial charge >= 0.3 is 0 Å². The highest BCUT2D eigenvalue weighted by molar-refractivity contribution is 9.10. The van der Waals surface area contributed by atoms with Gasteiger partial charge < -0.3 is 9.72 Å². The first kappa shape index (κ1) is 15.1. The van der Waals surface area contributed by atoms with Crippen molar-refractivity contribution >= 4 is 28.1 Å². The maximum atomic E-state index is 5.63. The van der Waals surface area contributed by atoms with Crippen LogP contribution < -0.4 is 0 Å². The molecule has 3 nitrogen and oxygen atoms in total. The van der Waals surface area contributed by atoms with E-state index in [0.717, 1.165) is 16.7 Å². The second-order valence-electron chi connectivity index (χ2n) is 5.39. The molecule has 0 radical (unpaired) electrons. The van der Waals surface area contributed by atoms with E-state index in [1.54, 1.807) is 7.11 Å². The van der Waals surface area contributed by atoms with Gasteiger partial charge in [-0.2, -0.15) is 0 Å². The third-order valence-electron chi connectivity index (χ3n) is 4.28. The summed E-state index contributed by atoms with van der Waals surface area (Å²) in [5.74, 6) is 1.41. The maximum Gasteiger partial charge on any atom is 0.144 e. The minimum Gasteiger partial charge on any atom is -0.371 e. The second kappa shape index (κ2) is 6.02. The van der Waals surface area contributed by atoms with Crippen molar-refractivity contribution < 1.29 is 4.74 Å². The Balaban J connectivity index is 2.50. The van der Waals surface area contributed by atoms with Crippen LogP contribution in [0.15, 0.2) is 4.47 Å². The Hall–Kier alpha value is -0.260. The third kappa shape index (κ3) is 2.93. The average molecular weight is 345 g/mol. The molecule has 106 valence electrons. The van der Waals surface area contributed by atoms with Gasteiger partial charge in [0.05, 0.1) is 4.47 Å². The lowest BCUT2D eigenvalue weighted by atomic mass is 10.00. The zero-order chi connectivity index (χ0) is 14.0. The van der Waals surface area contributed by atoms with Crippen LogP contribution in [0.3, 0.4) is 0 Å². The van der Waals surface area contributed by atoms with Crippen molar-refractivity contribution in [2.24, 2.45) is 0 Å². The van der Waals surface area contributed by atoms with Gasteiger partial charge in [0, 0.05) is 18.7 Å². The van der Waals surface area contributed by atoms with E-state index in [2.05, 4.69) is 32.8 Å². The van der Waals surface area contributed by atoms with Crippen LogP contribution in [-0.4, -0.2) is 17.1 Å². The molecule has 0 bridgehead atoms. The molecule has 0 saturated heterocycles. The highest BCUT2D eigenvalue weighted by Crippen LogP contribution is 2.38. The molecule has 1 atom stereocenters. The standard InChI is InChI=1S/C14H21BrN2OS/c1-4-14(2,18-3)13-16-11(9-7-5-6-8-9)10(15)12(19)17-13/h9H,4-8H2,1-3H3,(H,16,17,19). The number of halogens is 1. The molecule has 1 aliphatic carbocycles. The number of aromatic nitrogens is 2. The molecule has 1 aliphatic rings. The number of rotatable bonds is 4. The zero-order valence-electron chi connectivity index (χ0n) is 11.8. The first-order chi connectivity index (χ1) is 9.01. The molecule has 1 aromatic rings. The lowest BCUT2D eigenvalue weighted by Crippen LogP contribution is -2.27. The molecule has 1 N–H and O–H groups in total. The predicted octanol–water partition coefficient (Wildman–Crippen LogP) is 4.83. The fourth-order valence-electron chi connectivity index (χ4n) is 2.63. The van der Waals surface area contributed by atoms with E-state index in [9.17, 15) is 0 Å². The molecule has 1 saturated carbocycles. The van der Waals surface area contributed by atoms with E-state index < -0.39 is 5.60 Å². The van der Waals surface area contributed by atoms with E-state index in [0.29, 0.717) is 10.6 Å². The van der Waals surface area contributed by atoms with E-state index >= 15 is 0 Å². The predicted molar refractivity (Wildman–Crippen MR) is 83.0 cm³/mol. The van der Waals surface area contributed by atoms with Crippen LogP contribution >= 0.6 is 28.1 Å². The Morgan fingerprint density at radius 1 is 1.47 bits per heavy atom. The van der Waals surface area contributed by atoms with Gasteiger partial charge in [0.2, 0.25) is 0 Å². The highest BCUT2D eigenvalue weighted by atomic mass is 79.9. The summed E-state index contributed by atoms with van der Waals surface area (Å²) >= 11 is 8.99. The summed E-state index contributed by atoms with van der Waals surface area (Å²) in [6.45, 7) is 4.15. The first-order valence-corrected chi connectivity index (χ1v) is 8.07. The number of hydrogen-bond acceptors (Lipinski definition) is 3. The Morgan fingerprint density at radius 2 is 2.11 bits per heavy atom. The number of methoxy groups -OCH3 is 1. The maximum absolute atomic E-state index is 5.63. The summed E-state index contributed by atoms with van der Waals surface area (Å²) in [7, 11) is 1.72. The van der Waals surface area contributed by atoms with Crippen molar-refractivity contribution in [2.75, 3.05) is 7.11 Å². The molecule has 0 amide bonds. The summed E-state index contributed by atoms with van der Waals surface area (Å²) in [5, 5.41) is 0. The van der Waals surface area contributed by atoms with Crippen LogP contribution in [0, 0.1) is 4.64 Å². The van der Waals surface area contributed by atoms with Crippen molar-refractivity contribution in [3.05, 3.63) is 20.6 Å². The summed E-state index contributed by atoms with van der Waals surface area (Å²) in [5.41, 5.74) is 0.797. The smallest absolute Gasteiger partial charge is 0.144 e. The molecule has 2 rings (SSSR count). The van der Waals surface area contributed by atoms with Crippen molar-refractivity contribution in [2.45, 2.75) is 57.5 Å². The van der Waals surface area contributed by atoms with Crippen LogP contribution in [-0.2, 0) is 10.3 Å².